The van der Waals surface area contributed by atoms with Gasteiger partial charge in [-0.3, -0.25) is 4.40 Å². The molecule has 3 aromatic heterocycles. The maximum Gasteiger partial charge on any atom is 0.232 e. The second-order valence-electron chi connectivity index (χ2n) is 10.6. The SMILES string of the molecule is CC(C)(C)[S@@](=O)N[C@@H]1CCCC12CCN(c1nc(N)c(Sc3ccnc(F)c3Cl)c3nccn13)CC2. The van der Waals surface area contributed by atoms with Crippen molar-refractivity contribution in [2.45, 2.75) is 73.5 Å². The van der Waals surface area contributed by atoms with Crippen LogP contribution in [0.4, 0.5) is 16.2 Å². The zero-order chi connectivity index (χ0) is 25.7. The number of imidazole rings is 1. The molecule has 8 nitrogen and oxygen atoms in total. The van der Waals surface area contributed by atoms with Crippen LogP contribution >= 0.6 is 23.4 Å². The van der Waals surface area contributed by atoms with E-state index in [9.17, 15) is 8.60 Å². The molecule has 1 saturated carbocycles. The van der Waals surface area contributed by atoms with Gasteiger partial charge in [-0.15, -0.1) is 0 Å². The minimum absolute atomic E-state index is 0.0517. The molecule has 2 aliphatic rings. The molecule has 0 amide bonds. The Bertz CT molecular complexity index is 1300. The normalized spacial score (nSPS) is 20.9. The molecule has 1 aliphatic carbocycles. The Morgan fingerprint density at radius 3 is 2.72 bits per heavy atom. The Morgan fingerprint density at radius 1 is 1.25 bits per heavy atom. The molecule has 2 fully saturated rings. The maximum absolute atomic E-state index is 13.9. The van der Waals surface area contributed by atoms with E-state index < -0.39 is 16.9 Å². The van der Waals surface area contributed by atoms with E-state index in [0.717, 1.165) is 51.1 Å². The first-order valence-electron chi connectivity index (χ1n) is 12.1. The van der Waals surface area contributed by atoms with Gasteiger partial charge in [-0.2, -0.15) is 9.37 Å². The molecule has 3 aromatic rings. The summed E-state index contributed by atoms with van der Waals surface area (Å²) in [5.41, 5.74) is 7.21. The molecule has 4 heterocycles. The third-order valence-corrected chi connectivity index (χ3v) is 10.5. The lowest BCUT2D eigenvalue weighted by Gasteiger charge is -2.44. The zero-order valence-corrected chi connectivity index (χ0v) is 23.0. The fourth-order valence-corrected chi connectivity index (χ4v) is 7.37. The van der Waals surface area contributed by atoms with Gasteiger partial charge in [0.25, 0.3) is 0 Å². The molecule has 1 aliphatic heterocycles. The van der Waals surface area contributed by atoms with Gasteiger partial charge >= 0.3 is 0 Å². The van der Waals surface area contributed by atoms with E-state index >= 15 is 0 Å². The highest BCUT2D eigenvalue weighted by Crippen LogP contribution is 2.48. The Morgan fingerprint density at radius 2 is 2.00 bits per heavy atom. The van der Waals surface area contributed by atoms with Gasteiger partial charge in [-0.25, -0.2) is 18.9 Å². The molecule has 0 radical (unpaired) electrons. The highest BCUT2D eigenvalue weighted by molar-refractivity contribution is 7.99. The van der Waals surface area contributed by atoms with Crippen molar-refractivity contribution in [3.8, 4) is 0 Å². The van der Waals surface area contributed by atoms with Gasteiger partial charge in [0, 0.05) is 42.6 Å². The predicted molar refractivity (Wildman–Crippen MR) is 143 cm³/mol. The molecule has 1 saturated heterocycles. The topological polar surface area (TPSA) is 101 Å². The second kappa shape index (κ2) is 9.74. The number of anilines is 2. The molecule has 36 heavy (non-hydrogen) atoms. The van der Waals surface area contributed by atoms with Crippen molar-refractivity contribution in [3.05, 3.63) is 35.6 Å². The summed E-state index contributed by atoms with van der Waals surface area (Å²) >= 11 is 7.35. The Labute approximate surface area is 222 Å². The van der Waals surface area contributed by atoms with E-state index in [-0.39, 0.29) is 21.2 Å². The summed E-state index contributed by atoms with van der Waals surface area (Å²) < 4.78 is 31.8. The van der Waals surface area contributed by atoms with Gasteiger partial charge in [-0.1, -0.05) is 29.8 Å². The molecule has 3 N–H and O–H groups in total. The van der Waals surface area contributed by atoms with Gasteiger partial charge in [0.15, 0.2) is 5.65 Å². The molecule has 0 bridgehead atoms. The van der Waals surface area contributed by atoms with Crippen molar-refractivity contribution in [1.82, 2.24) is 24.1 Å². The fraction of sp³-hybridized carbons (Fsp3) is 0.542. The molecule has 194 valence electrons. The number of pyridine rings is 1. The number of nitrogens with one attached hydrogen (secondary N) is 1. The Balaban J connectivity index is 1.37. The van der Waals surface area contributed by atoms with Crippen molar-refractivity contribution in [3.63, 3.8) is 0 Å². The van der Waals surface area contributed by atoms with Crippen LogP contribution in [0.2, 0.25) is 5.02 Å². The second-order valence-corrected chi connectivity index (χ2v) is 14.0. The largest absolute Gasteiger partial charge is 0.383 e. The first-order valence-corrected chi connectivity index (χ1v) is 14.5. The van der Waals surface area contributed by atoms with E-state index in [1.165, 1.54) is 18.0 Å². The lowest BCUT2D eigenvalue weighted by molar-refractivity contribution is 0.187. The number of aromatic nitrogens is 4. The number of piperidine rings is 1. The van der Waals surface area contributed by atoms with Crippen molar-refractivity contribution < 1.29 is 8.60 Å². The highest BCUT2D eigenvalue weighted by atomic mass is 35.5. The Hall–Kier alpha value is -1.95. The molecule has 5 rings (SSSR count). The third-order valence-electron chi connectivity index (χ3n) is 7.29. The summed E-state index contributed by atoms with van der Waals surface area (Å²) in [6.45, 7) is 7.68. The van der Waals surface area contributed by atoms with E-state index in [1.54, 1.807) is 12.3 Å². The lowest BCUT2D eigenvalue weighted by atomic mass is 9.74. The van der Waals surface area contributed by atoms with Gasteiger partial charge < -0.3 is 10.6 Å². The predicted octanol–water partition coefficient (Wildman–Crippen LogP) is 4.84. The monoisotopic (exact) mass is 551 g/mol. The average molecular weight is 552 g/mol. The summed E-state index contributed by atoms with van der Waals surface area (Å²) in [6.07, 6.45) is 10.3. The minimum Gasteiger partial charge on any atom is -0.383 e. The number of nitrogens with zero attached hydrogens (tertiary/aromatic N) is 5. The quantitative estimate of drug-likeness (QED) is 0.437. The van der Waals surface area contributed by atoms with Crippen LogP contribution in [0.3, 0.4) is 0 Å². The summed E-state index contributed by atoms with van der Waals surface area (Å²) in [5.74, 6) is 0.340. The molecule has 1 spiro atoms. The summed E-state index contributed by atoms with van der Waals surface area (Å²) in [7, 11) is -1.08. The molecular weight excluding hydrogens is 521 g/mol. The van der Waals surface area contributed by atoms with E-state index in [0.29, 0.717) is 21.3 Å². The van der Waals surface area contributed by atoms with Gasteiger partial charge in [0.05, 0.1) is 20.6 Å². The van der Waals surface area contributed by atoms with Crippen LogP contribution in [-0.2, 0) is 11.0 Å². The number of fused-ring (bicyclic) bond motifs is 1. The van der Waals surface area contributed by atoms with Crippen LogP contribution in [-0.4, -0.2) is 47.4 Å². The standard InChI is InChI=1S/C24H31ClFN7OS2/c1-23(2,3)36(34)31-16-5-4-7-24(16)8-12-32(13-9-24)22-30-20(27)18(21-29-11-14-33(21)22)35-15-6-10-28-19(26)17(15)25/h6,10-11,14,16,31H,4-5,7-9,12-13,27H2,1-3H3/t16-,36-/m1/s1. The van der Waals surface area contributed by atoms with Crippen LogP contribution in [0.1, 0.15) is 52.9 Å². The molecule has 0 unspecified atom stereocenters. The third kappa shape index (κ3) is 4.70. The first-order chi connectivity index (χ1) is 17.1. The van der Waals surface area contributed by atoms with Gasteiger partial charge in [-0.05, 0) is 57.9 Å². The van der Waals surface area contributed by atoms with Crippen LogP contribution < -0.4 is 15.4 Å². The van der Waals surface area contributed by atoms with Gasteiger partial charge in [0.1, 0.15) is 10.8 Å². The van der Waals surface area contributed by atoms with Gasteiger partial charge in [0.2, 0.25) is 11.9 Å². The smallest absolute Gasteiger partial charge is 0.232 e. The van der Waals surface area contributed by atoms with E-state index in [1.807, 2.05) is 31.4 Å². The first kappa shape index (κ1) is 25.7. The van der Waals surface area contributed by atoms with Crippen molar-refractivity contribution in [2.75, 3.05) is 23.7 Å². The summed E-state index contributed by atoms with van der Waals surface area (Å²) in [5, 5.41) is -0.0517. The summed E-state index contributed by atoms with van der Waals surface area (Å²) in [4.78, 5) is 16.2. The molecule has 0 aromatic carbocycles. The fourth-order valence-electron chi connectivity index (χ4n) is 5.25. The van der Waals surface area contributed by atoms with Crippen molar-refractivity contribution in [2.24, 2.45) is 5.41 Å². The maximum atomic E-state index is 13.9. The number of halogens is 2. The van der Waals surface area contributed by atoms with Crippen LogP contribution in [0.5, 0.6) is 0 Å². The number of rotatable bonds is 5. The van der Waals surface area contributed by atoms with Crippen LogP contribution in [0.25, 0.3) is 5.65 Å². The number of nitrogens with two attached hydrogens (primary N) is 1. The van der Waals surface area contributed by atoms with E-state index in [4.69, 9.17) is 22.3 Å². The number of hydrogen-bond acceptors (Lipinski definition) is 7. The van der Waals surface area contributed by atoms with Crippen molar-refractivity contribution >= 4 is 51.8 Å². The molecular formula is C24H31ClFN7OS2. The molecule has 12 heteroatoms. The Kier molecular flexibility index (Phi) is 6.95. The van der Waals surface area contributed by atoms with Crippen molar-refractivity contribution in [1.29, 1.82) is 0 Å². The van der Waals surface area contributed by atoms with Crippen LogP contribution in [0, 0.1) is 11.4 Å². The molecule has 2 atom stereocenters. The van der Waals surface area contributed by atoms with E-state index in [2.05, 4.69) is 19.6 Å². The number of hydrogen-bond donors (Lipinski definition) is 2. The summed E-state index contributed by atoms with van der Waals surface area (Å²) in [6, 6.07) is 1.90. The number of nitrogen functional groups attached to an aromatic ring is 1. The highest BCUT2D eigenvalue weighted by Gasteiger charge is 2.46. The van der Waals surface area contributed by atoms with Crippen LogP contribution in [0.15, 0.2) is 34.4 Å². The lowest BCUT2D eigenvalue weighted by Crippen LogP contribution is -2.51. The average Bonchev–Trinajstić information content (AvgIpc) is 3.46. The minimum atomic E-state index is -1.08. The zero-order valence-electron chi connectivity index (χ0n) is 20.6.